The summed E-state index contributed by atoms with van der Waals surface area (Å²) in [4.78, 5) is 10.2. The summed E-state index contributed by atoms with van der Waals surface area (Å²) in [6, 6.07) is 10.7. The van der Waals surface area contributed by atoms with E-state index in [-0.39, 0.29) is 11.5 Å². The smallest absolute Gasteiger partial charge is 0.273 e. The summed E-state index contributed by atoms with van der Waals surface area (Å²) in [5.74, 6) is 0.758. The van der Waals surface area contributed by atoms with Crippen molar-refractivity contribution in [3.05, 3.63) is 62.6 Å². The molecule has 8 heteroatoms. The summed E-state index contributed by atoms with van der Waals surface area (Å²) in [6.45, 7) is 0. The number of oxime groups is 1. The Morgan fingerprint density at radius 1 is 1.29 bits per heavy atom. The average Bonchev–Trinajstić information content (AvgIpc) is 2.47. The van der Waals surface area contributed by atoms with Gasteiger partial charge in [0.1, 0.15) is 11.5 Å². The molecule has 0 aliphatic carbocycles. The van der Waals surface area contributed by atoms with Gasteiger partial charge in [0.15, 0.2) is 5.84 Å². The van der Waals surface area contributed by atoms with Crippen LogP contribution in [0.2, 0.25) is 0 Å². The zero-order valence-corrected chi connectivity index (χ0v) is 12.1. The number of halogens is 1. The van der Waals surface area contributed by atoms with Crippen LogP contribution in [0.5, 0.6) is 11.5 Å². The van der Waals surface area contributed by atoms with Gasteiger partial charge in [0.2, 0.25) is 0 Å². The normalized spacial score (nSPS) is 11.2. The minimum absolute atomic E-state index is 0.0382. The predicted molar refractivity (Wildman–Crippen MR) is 79.8 cm³/mol. The molecule has 0 atom stereocenters. The number of nitrogens with zero attached hydrogens (tertiary/aromatic N) is 2. The molecule has 0 bridgehead atoms. The number of benzene rings is 2. The van der Waals surface area contributed by atoms with E-state index in [1.165, 1.54) is 18.2 Å². The lowest BCUT2D eigenvalue weighted by Crippen LogP contribution is -2.13. The maximum Gasteiger partial charge on any atom is 0.273 e. The number of non-ortho nitro benzene ring substituents is 1. The molecule has 7 nitrogen and oxygen atoms in total. The Kier molecular flexibility index (Phi) is 4.39. The quantitative estimate of drug-likeness (QED) is 0.288. The molecule has 0 heterocycles. The first-order chi connectivity index (χ1) is 10.0. The van der Waals surface area contributed by atoms with Gasteiger partial charge >= 0.3 is 0 Å². The molecule has 0 amide bonds. The van der Waals surface area contributed by atoms with Crippen LogP contribution in [-0.4, -0.2) is 16.0 Å². The van der Waals surface area contributed by atoms with Crippen LogP contribution in [-0.2, 0) is 0 Å². The van der Waals surface area contributed by atoms with Crippen molar-refractivity contribution in [3.8, 4) is 11.5 Å². The molecule has 0 aliphatic rings. The molecule has 2 rings (SSSR count). The standard InChI is InChI=1S/C13H10BrN3O4/c14-12-7-10(4-5-11(12)13(15)16-18)21-9-3-1-2-8(6-9)17(19)20/h1-7,18H,(H2,15,16). The van der Waals surface area contributed by atoms with Gasteiger partial charge in [0.05, 0.1) is 11.0 Å². The number of hydrogen-bond donors (Lipinski definition) is 2. The third-order valence-corrected chi connectivity index (χ3v) is 3.24. The van der Waals surface area contributed by atoms with E-state index in [0.717, 1.165) is 0 Å². The van der Waals surface area contributed by atoms with Crippen LogP contribution < -0.4 is 10.5 Å². The van der Waals surface area contributed by atoms with Crippen LogP contribution in [0.25, 0.3) is 0 Å². The Morgan fingerprint density at radius 3 is 2.62 bits per heavy atom. The summed E-state index contributed by atoms with van der Waals surface area (Å²) in [5, 5.41) is 22.3. The molecule has 0 saturated heterocycles. The van der Waals surface area contributed by atoms with E-state index in [1.807, 2.05) is 0 Å². The molecule has 0 saturated carbocycles. The molecule has 0 fully saturated rings. The van der Waals surface area contributed by atoms with Gasteiger partial charge in [0.25, 0.3) is 5.69 Å². The molecule has 21 heavy (non-hydrogen) atoms. The van der Waals surface area contributed by atoms with Crippen LogP contribution in [0.4, 0.5) is 5.69 Å². The number of ether oxygens (including phenoxy) is 1. The fraction of sp³-hybridized carbons (Fsp3) is 0. The van der Waals surface area contributed by atoms with E-state index < -0.39 is 4.92 Å². The Morgan fingerprint density at radius 2 is 2.00 bits per heavy atom. The fourth-order valence-corrected chi connectivity index (χ4v) is 2.18. The molecule has 2 aromatic rings. The minimum atomic E-state index is -0.496. The number of amidine groups is 1. The first-order valence-corrected chi connectivity index (χ1v) is 6.50. The van der Waals surface area contributed by atoms with E-state index >= 15 is 0 Å². The molecular weight excluding hydrogens is 342 g/mol. The van der Waals surface area contributed by atoms with E-state index in [9.17, 15) is 10.1 Å². The molecule has 0 aliphatic heterocycles. The molecule has 0 spiro atoms. The Balaban J connectivity index is 2.26. The third kappa shape index (κ3) is 3.48. The van der Waals surface area contributed by atoms with Gasteiger partial charge in [-0.1, -0.05) is 11.2 Å². The van der Waals surface area contributed by atoms with E-state index in [4.69, 9.17) is 15.7 Å². The Bertz CT molecular complexity index is 718. The first-order valence-electron chi connectivity index (χ1n) is 5.71. The SMILES string of the molecule is N/C(=N/O)c1ccc(Oc2cccc([N+](=O)[O-])c2)cc1Br. The maximum absolute atomic E-state index is 10.7. The number of hydrogen-bond acceptors (Lipinski definition) is 5. The van der Waals surface area contributed by atoms with Crippen LogP contribution >= 0.6 is 15.9 Å². The van der Waals surface area contributed by atoms with Gasteiger partial charge in [-0.05, 0) is 40.2 Å². The van der Waals surface area contributed by atoms with Crippen LogP contribution in [0.1, 0.15) is 5.56 Å². The second-order valence-electron chi connectivity index (χ2n) is 3.98. The highest BCUT2D eigenvalue weighted by Crippen LogP contribution is 2.28. The van der Waals surface area contributed by atoms with Gasteiger partial charge in [-0.25, -0.2) is 0 Å². The molecule has 2 aromatic carbocycles. The molecule has 108 valence electrons. The van der Waals surface area contributed by atoms with Crippen LogP contribution in [0, 0.1) is 10.1 Å². The fourth-order valence-electron chi connectivity index (χ4n) is 1.62. The molecule has 0 unspecified atom stereocenters. The van der Waals surface area contributed by atoms with Crippen LogP contribution in [0.15, 0.2) is 52.1 Å². The zero-order valence-electron chi connectivity index (χ0n) is 10.6. The molecule has 0 aromatic heterocycles. The van der Waals surface area contributed by atoms with Gasteiger partial charge in [-0.2, -0.15) is 0 Å². The first kappa shape index (κ1) is 14.8. The lowest BCUT2D eigenvalue weighted by Gasteiger charge is -2.08. The van der Waals surface area contributed by atoms with Crippen LogP contribution in [0.3, 0.4) is 0 Å². The van der Waals surface area contributed by atoms with Gasteiger partial charge in [0, 0.05) is 16.1 Å². The van der Waals surface area contributed by atoms with Crippen molar-refractivity contribution in [1.29, 1.82) is 0 Å². The number of nitro benzene ring substituents is 1. The highest BCUT2D eigenvalue weighted by atomic mass is 79.9. The number of nitro groups is 1. The van der Waals surface area contributed by atoms with Crippen molar-refractivity contribution in [2.24, 2.45) is 10.9 Å². The monoisotopic (exact) mass is 351 g/mol. The number of nitrogens with two attached hydrogens (primary N) is 1. The lowest BCUT2D eigenvalue weighted by atomic mass is 10.2. The largest absolute Gasteiger partial charge is 0.457 e. The van der Waals surface area contributed by atoms with Crippen molar-refractivity contribution < 1.29 is 14.9 Å². The van der Waals surface area contributed by atoms with E-state index in [2.05, 4.69) is 21.1 Å². The second-order valence-corrected chi connectivity index (χ2v) is 4.84. The molecule has 0 radical (unpaired) electrons. The van der Waals surface area contributed by atoms with Crippen molar-refractivity contribution in [2.75, 3.05) is 0 Å². The van der Waals surface area contributed by atoms with Crippen molar-refractivity contribution >= 4 is 27.5 Å². The van der Waals surface area contributed by atoms with E-state index in [1.54, 1.807) is 24.3 Å². The summed E-state index contributed by atoms with van der Waals surface area (Å²) in [5.41, 5.74) is 5.95. The zero-order chi connectivity index (χ0) is 15.4. The van der Waals surface area contributed by atoms with Gasteiger partial charge < -0.3 is 15.7 Å². The van der Waals surface area contributed by atoms with Crippen molar-refractivity contribution in [3.63, 3.8) is 0 Å². The minimum Gasteiger partial charge on any atom is -0.457 e. The lowest BCUT2D eigenvalue weighted by molar-refractivity contribution is -0.384. The summed E-state index contributed by atoms with van der Waals surface area (Å²) in [7, 11) is 0. The maximum atomic E-state index is 10.7. The van der Waals surface area contributed by atoms with Crippen molar-refractivity contribution in [1.82, 2.24) is 0 Å². The Hall–Kier alpha value is -2.61. The van der Waals surface area contributed by atoms with Gasteiger partial charge in [-0.15, -0.1) is 0 Å². The summed E-state index contributed by atoms with van der Waals surface area (Å²) in [6.07, 6.45) is 0. The Labute approximate surface area is 127 Å². The summed E-state index contributed by atoms with van der Waals surface area (Å²) < 4.78 is 6.11. The number of rotatable bonds is 4. The predicted octanol–water partition coefficient (Wildman–Crippen LogP) is 3.24. The van der Waals surface area contributed by atoms with E-state index in [0.29, 0.717) is 21.5 Å². The summed E-state index contributed by atoms with van der Waals surface area (Å²) >= 11 is 3.28. The highest BCUT2D eigenvalue weighted by Gasteiger charge is 2.09. The second kappa shape index (κ2) is 6.23. The third-order valence-electron chi connectivity index (χ3n) is 2.59. The average molecular weight is 352 g/mol. The molecular formula is C13H10BrN3O4. The molecule has 3 N–H and O–H groups in total. The topological polar surface area (TPSA) is 111 Å². The van der Waals surface area contributed by atoms with Crippen molar-refractivity contribution in [2.45, 2.75) is 0 Å². The highest BCUT2D eigenvalue weighted by molar-refractivity contribution is 9.10. The van der Waals surface area contributed by atoms with Gasteiger partial charge in [-0.3, -0.25) is 10.1 Å².